The van der Waals surface area contributed by atoms with Crippen molar-refractivity contribution in [2.24, 2.45) is 0 Å². The molecule has 0 aliphatic carbocycles. The molecule has 0 radical (unpaired) electrons. The minimum Gasteiger partial charge on any atom is -0.0744 e. The van der Waals surface area contributed by atoms with E-state index in [2.05, 4.69) is 27.7 Å². The first-order valence-electron chi connectivity index (χ1n) is 5.37. The second-order valence-corrected chi connectivity index (χ2v) is 3.77. The summed E-state index contributed by atoms with van der Waals surface area (Å²) in [7, 11) is 0. The monoisotopic (exact) mass is 168 g/mol. The molecule has 0 aromatic rings. The lowest BCUT2D eigenvalue weighted by Gasteiger charge is -2.05. The highest BCUT2D eigenvalue weighted by molar-refractivity contribution is 5.09. The van der Waals surface area contributed by atoms with Crippen LogP contribution in [-0.2, 0) is 0 Å². The summed E-state index contributed by atoms with van der Waals surface area (Å²) in [5, 5.41) is 0. The van der Waals surface area contributed by atoms with Gasteiger partial charge in [-0.15, -0.1) is 0 Å². The van der Waals surface area contributed by atoms with Gasteiger partial charge in [-0.3, -0.25) is 0 Å². The number of unbranched alkanes of at least 4 members (excludes halogenated alkanes) is 2. The smallest absolute Gasteiger partial charge is 0.0320 e. The van der Waals surface area contributed by atoms with Gasteiger partial charge in [0, 0.05) is 0 Å². The molecule has 0 aromatic heterocycles. The van der Waals surface area contributed by atoms with Gasteiger partial charge in [-0.2, -0.15) is 0 Å². The normalized spacial score (nSPS) is 13.0. The maximum atomic E-state index is 2.29. The van der Waals surface area contributed by atoms with E-state index in [4.69, 9.17) is 0 Å². The Balaban J connectivity index is 3.66. The Hall–Kier alpha value is -0.260. The molecule has 0 rings (SSSR count). The summed E-state index contributed by atoms with van der Waals surface area (Å²) in [6, 6.07) is 0. The van der Waals surface area contributed by atoms with Gasteiger partial charge in [-0.1, -0.05) is 44.3 Å². The highest BCUT2D eigenvalue weighted by atomic mass is 14.0. The average Bonchev–Trinajstić information content (AvgIpc) is 2.05. The predicted molar refractivity (Wildman–Crippen MR) is 57.4 cm³/mol. The van der Waals surface area contributed by atoms with Crippen LogP contribution in [0.5, 0.6) is 0 Å². The van der Waals surface area contributed by atoms with Gasteiger partial charge < -0.3 is 0 Å². The summed E-state index contributed by atoms with van der Waals surface area (Å²) in [6.45, 7) is 9.09. The molecule has 0 fully saturated rings. The van der Waals surface area contributed by atoms with Gasteiger partial charge in [0.2, 0.25) is 0 Å². The summed E-state index contributed by atoms with van der Waals surface area (Å²) in [5.41, 5.74) is 3.25. The van der Waals surface area contributed by atoms with Gasteiger partial charge >= 0.3 is 0 Å². The minimum absolute atomic E-state index is 1.29. The van der Waals surface area contributed by atoms with E-state index in [0.29, 0.717) is 0 Å². The highest BCUT2D eigenvalue weighted by Crippen LogP contribution is 2.16. The Bertz CT molecular complexity index is 131. The maximum Gasteiger partial charge on any atom is -0.0320 e. The zero-order valence-electron chi connectivity index (χ0n) is 9.24. The first-order valence-corrected chi connectivity index (χ1v) is 5.37. The van der Waals surface area contributed by atoms with Crippen molar-refractivity contribution in [2.75, 3.05) is 0 Å². The van der Waals surface area contributed by atoms with Gasteiger partial charge in [0.05, 0.1) is 0 Å². The quantitative estimate of drug-likeness (QED) is 0.398. The molecule has 12 heavy (non-hydrogen) atoms. The molecule has 0 heteroatoms. The third-order valence-electron chi connectivity index (χ3n) is 2.51. The van der Waals surface area contributed by atoms with Crippen LogP contribution < -0.4 is 0 Å². The van der Waals surface area contributed by atoms with Crippen LogP contribution in [0.1, 0.15) is 66.2 Å². The Morgan fingerprint density at radius 1 is 0.750 bits per heavy atom. The van der Waals surface area contributed by atoms with Crippen LogP contribution in [0.15, 0.2) is 11.1 Å². The molecule has 0 aromatic carbocycles. The molecule has 0 unspecified atom stereocenters. The third-order valence-corrected chi connectivity index (χ3v) is 2.51. The molecule has 0 saturated carbocycles. The van der Waals surface area contributed by atoms with E-state index >= 15 is 0 Å². The van der Waals surface area contributed by atoms with Crippen molar-refractivity contribution in [3.05, 3.63) is 11.1 Å². The molecule has 72 valence electrons. The predicted octanol–water partition coefficient (Wildman–Crippen LogP) is 4.70. The Morgan fingerprint density at radius 2 is 1.33 bits per heavy atom. The first-order chi connectivity index (χ1) is 5.72. The van der Waals surface area contributed by atoms with E-state index in [9.17, 15) is 0 Å². The van der Waals surface area contributed by atoms with Crippen LogP contribution in [0.3, 0.4) is 0 Å². The van der Waals surface area contributed by atoms with Crippen molar-refractivity contribution in [2.45, 2.75) is 66.2 Å². The van der Waals surface area contributed by atoms with Gasteiger partial charge in [0.15, 0.2) is 0 Å². The summed E-state index contributed by atoms with van der Waals surface area (Å²) in [4.78, 5) is 0. The van der Waals surface area contributed by atoms with Crippen LogP contribution >= 0.6 is 0 Å². The fourth-order valence-electron chi connectivity index (χ4n) is 1.44. The van der Waals surface area contributed by atoms with Gasteiger partial charge in [-0.05, 0) is 33.1 Å². The zero-order valence-corrected chi connectivity index (χ0v) is 9.24. The molecule has 0 saturated heterocycles. The third kappa shape index (κ3) is 5.40. The van der Waals surface area contributed by atoms with E-state index in [1.807, 2.05) is 0 Å². The molecular weight excluding hydrogens is 144 g/mol. The van der Waals surface area contributed by atoms with Crippen molar-refractivity contribution in [1.29, 1.82) is 0 Å². The second kappa shape index (κ2) is 7.39. The lowest BCUT2D eigenvalue weighted by Crippen LogP contribution is -1.85. The number of hydrogen-bond donors (Lipinski definition) is 0. The number of rotatable bonds is 6. The topological polar surface area (TPSA) is 0 Å². The van der Waals surface area contributed by atoms with Crippen LogP contribution in [-0.4, -0.2) is 0 Å². The van der Waals surface area contributed by atoms with Gasteiger partial charge in [-0.25, -0.2) is 0 Å². The van der Waals surface area contributed by atoms with Crippen molar-refractivity contribution in [3.63, 3.8) is 0 Å². The molecule has 0 aliphatic heterocycles. The standard InChI is InChI=1S/C12H24/c1-5-7-8-10-12(4)11(3)9-6-2/h5-10H2,1-4H3. The highest BCUT2D eigenvalue weighted by Gasteiger charge is 1.95. The van der Waals surface area contributed by atoms with E-state index < -0.39 is 0 Å². The molecule has 0 amide bonds. The summed E-state index contributed by atoms with van der Waals surface area (Å²) >= 11 is 0. The summed E-state index contributed by atoms with van der Waals surface area (Å²) in [6.07, 6.45) is 7.99. The molecule has 0 heterocycles. The van der Waals surface area contributed by atoms with Crippen LogP contribution in [0, 0.1) is 0 Å². The molecule has 0 atom stereocenters. The Kier molecular flexibility index (Phi) is 7.23. The number of hydrogen-bond acceptors (Lipinski definition) is 0. The number of allylic oxidation sites excluding steroid dienone is 2. The maximum absolute atomic E-state index is 2.29. The van der Waals surface area contributed by atoms with Crippen LogP contribution in [0.2, 0.25) is 0 Å². The first kappa shape index (κ1) is 11.7. The van der Waals surface area contributed by atoms with Crippen molar-refractivity contribution in [3.8, 4) is 0 Å². The zero-order chi connectivity index (χ0) is 9.40. The molecule has 0 bridgehead atoms. The SMILES string of the molecule is CCCCCC(C)=C(C)CCC. The largest absolute Gasteiger partial charge is 0.0744 e. The fraction of sp³-hybridized carbons (Fsp3) is 0.833. The molecular formula is C12H24. The van der Waals surface area contributed by atoms with Crippen LogP contribution in [0.4, 0.5) is 0 Å². The lowest BCUT2D eigenvalue weighted by atomic mass is 10.0. The van der Waals surface area contributed by atoms with Crippen molar-refractivity contribution < 1.29 is 0 Å². The van der Waals surface area contributed by atoms with E-state index in [1.165, 1.54) is 38.5 Å². The Morgan fingerprint density at radius 3 is 1.83 bits per heavy atom. The molecule has 0 nitrogen and oxygen atoms in total. The molecule has 0 aliphatic rings. The summed E-state index contributed by atoms with van der Waals surface area (Å²) in [5.74, 6) is 0. The summed E-state index contributed by atoms with van der Waals surface area (Å²) < 4.78 is 0. The van der Waals surface area contributed by atoms with E-state index in [0.717, 1.165) is 0 Å². The Labute approximate surface area is 78.1 Å². The van der Waals surface area contributed by atoms with Crippen molar-refractivity contribution >= 4 is 0 Å². The van der Waals surface area contributed by atoms with Crippen molar-refractivity contribution in [1.82, 2.24) is 0 Å². The van der Waals surface area contributed by atoms with Gasteiger partial charge in [0.25, 0.3) is 0 Å². The minimum atomic E-state index is 1.29. The van der Waals surface area contributed by atoms with E-state index in [-0.39, 0.29) is 0 Å². The van der Waals surface area contributed by atoms with Crippen LogP contribution in [0.25, 0.3) is 0 Å². The fourth-order valence-corrected chi connectivity index (χ4v) is 1.44. The lowest BCUT2D eigenvalue weighted by molar-refractivity contribution is 0.705. The molecule has 0 spiro atoms. The molecule has 0 N–H and O–H groups in total. The second-order valence-electron chi connectivity index (χ2n) is 3.77. The van der Waals surface area contributed by atoms with Gasteiger partial charge in [0.1, 0.15) is 0 Å². The van der Waals surface area contributed by atoms with E-state index in [1.54, 1.807) is 11.1 Å². The average molecular weight is 168 g/mol.